The minimum atomic E-state index is -4.26. The van der Waals surface area contributed by atoms with Crippen LogP contribution in [0.3, 0.4) is 0 Å². The first-order chi connectivity index (χ1) is 8.19. The molecule has 106 valence electrons. The number of carbonyl (C=O) groups excluding carboxylic acids is 1. The molecule has 0 aliphatic carbocycles. The van der Waals surface area contributed by atoms with Gasteiger partial charge in [-0.1, -0.05) is 0 Å². The van der Waals surface area contributed by atoms with Gasteiger partial charge in [0, 0.05) is 6.04 Å². The summed E-state index contributed by atoms with van der Waals surface area (Å²) < 4.78 is 42.9. The van der Waals surface area contributed by atoms with E-state index in [-0.39, 0.29) is 13.0 Å². The van der Waals surface area contributed by atoms with Crippen molar-refractivity contribution in [2.24, 2.45) is 5.41 Å². The highest BCUT2D eigenvalue weighted by Crippen LogP contribution is 2.34. The molecule has 0 radical (unpaired) electrons. The Labute approximate surface area is 105 Å². The van der Waals surface area contributed by atoms with E-state index < -0.39 is 29.6 Å². The van der Waals surface area contributed by atoms with Crippen LogP contribution >= 0.6 is 0 Å². The fraction of sp³-hybridized carbons (Fsp3) is 0.917. The monoisotopic (exact) mass is 267 g/mol. The van der Waals surface area contributed by atoms with Crippen LogP contribution in [0.5, 0.6) is 0 Å². The molecule has 18 heavy (non-hydrogen) atoms. The van der Waals surface area contributed by atoms with Gasteiger partial charge in [-0.15, -0.1) is 0 Å². The second-order valence-electron chi connectivity index (χ2n) is 5.19. The molecule has 0 aromatic heterocycles. The Bertz CT molecular complexity index is 302. The summed E-state index contributed by atoms with van der Waals surface area (Å²) in [5, 5.41) is 2.55. The van der Waals surface area contributed by atoms with Gasteiger partial charge < -0.3 is 10.1 Å². The maximum Gasteiger partial charge on any atom is 0.403 e. The predicted octanol–water partition coefficient (Wildman–Crippen LogP) is 2.65. The van der Waals surface area contributed by atoms with Crippen LogP contribution in [0.1, 0.15) is 40.0 Å². The molecule has 0 unspecified atom stereocenters. The van der Waals surface area contributed by atoms with Crippen molar-refractivity contribution in [3.63, 3.8) is 0 Å². The van der Waals surface area contributed by atoms with Crippen molar-refractivity contribution in [1.82, 2.24) is 5.32 Å². The van der Waals surface area contributed by atoms with Crippen molar-refractivity contribution >= 4 is 5.97 Å². The van der Waals surface area contributed by atoms with Gasteiger partial charge in [-0.2, -0.15) is 13.2 Å². The summed E-state index contributed by atoms with van der Waals surface area (Å²) in [5.74, 6) is -0.453. The van der Waals surface area contributed by atoms with E-state index in [4.69, 9.17) is 4.74 Å². The molecule has 1 aliphatic heterocycles. The molecule has 0 spiro atoms. The second-order valence-corrected chi connectivity index (χ2v) is 5.19. The van der Waals surface area contributed by atoms with Crippen LogP contribution in [0.4, 0.5) is 13.2 Å². The standard InChI is InChI=1S/C12H20F3NO2/c1-4-18-10(17)11(2,3)8-6-5-7-9(16-8)12(13,14)15/h8-9,16H,4-7H2,1-3H3/t8-,9+/m0/s1. The van der Waals surface area contributed by atoms with Gasteiger partial charge >= 0.3 is 12.1 Å². The number of ether oxygens (including phenoxy) is 1. The Morgan fingerprint density at radius 3 is 2.33 bits per heavy atom. The van der Waals surface area contributed by atoms with E-state index in [9.17, 15) is 18.0 Å². The minimum Gasteiger partial charge on any atom is -0.466 e. The van der Waals surface area contributed by atoms with Gasteiger partial charge in [0.15, 0.2) is 0 Å². The number of nitrogens with one attached hydrogen (secondary N) is 1. The third-order valence-electron chi connectivity index (χ3n) is 3.46. The Hall–Kier alpha value is -0.780. The number of halogens is 3. The summed E-state index contributed by atoms with van der Waals surface area (Å²) in [5.41, 5.74) is -0.945. The van der Waals surface area contributed by atoms with E-state index in [1.807, 2.05) is 0 Å². The molecule has 0 aromatic rings. The minimum absolute atomic E-state index is 0.0684. The number of hydrogen-bond donors (Lipinski definition) is 1. The average molecular weight is 267 g/mol. The first kappa shape index (κ1) is 15.3. The van der Waals surface area contributed by atoms with Gasteiger partial charge in [0.05, 0.1) is 12.0 Å². The summed E-state index contributed by atoms with van der Waals surface area (Å²) >= 11 is 0. The second kappa shape index (κ2) is 5.47. The van der Waals surface area contributed by atoms with Crippen LogP contribution in [0.25, 0.3) is 0 Å². The van der Waals surface area contributed by atoms with E-state index >= 15 is 0 Å². The number of hydrogen-bond acceptors (Lipinski definition) is 3. The summed E-state index contributed by atoms with van der Waals surface area (Å²) in [6.45, 7) is 5.17. The summed E-state index contributed by atoms with van der Waals surface area (Å²) in [4.78, 5) is 11.8. The van der Waals surface area contributed by atoms with Crippen molar-refractivity contribution in [2.45, 2.75) is 58.3 Å². The largest absolute Gasteiger partial charge is 0.466 e. The lowest BCUT2D eigenvalue weighted by molar-refractivity contribution is -0.172. The zero-order chi connectivity index (χ0) is 14.0. The number of carbonyl (C=O) groups is 1. The molecular formula is C12H20F3NO2. The lowest BCUT2D eigenvalue weighted by Gasteiger charge is -2.39. The number of esters is 1. The van der Waals surface area contributed by atoms with E-state index in [1.165, 1.54) is 0 Å². The molecule has 1 saturated heterocycles. The van der Waals surface area contributed by atoms with Crippen molar-refractivity contribution in [1.29, 1.82) is 0 Å². The maximum atomic E-state index is 12.7. The molecule has 0 amide bonds. The van der Waals surface area contributed by atoms with Crippen LogP contribution in [0, 0.1) is 5.41 Å². The van der Waals surface area contributed by atoms with E-state index in [2.05, 4.69) is 5.32 Å². The summed E-state index contributed by atoms with van der Waals surface area (Å²) in [7, 11) is 0. The SMILES string of the molecule is CCOC(=O)C(C)(C)[C@@H]1CCC[C@H](C(F)(F)F)N1. The molecule has 6 heteroatoms. The number of piperidine rings is 1. The highest BCUT2D eigenvalue weighted by Gasteiger charge is 2.47. The lowest BCUT2D eigenvalue weighted by atomic mass is 9.78. The molecule has 3 nitrogen and oxygen atoms in total. The molecular weight excluding hydrogens is 247 g/mol. The van der Waals surface area contributed by atoms with Gasteiger partial charge in [0.2, 0.25) is 0 Å². The van der Waals surface area contributed by atoms with E-state index in [1.54, 1.807) is 20.8 Å². The number of rotatable bonds is 3. The molecule has 2 atom stereocenters. The zero-order valence-corrected chi connectivity index (χ0v) is 10.9. The van der Waals surface area contributed by atoms with Crippen LogP contribution in [-0.4, -0.2) is 30.8 Å². The highest BCUT2D eigenvalue weighted by atomic mass is 19.4. The molecule has 0 aromatic carbocycles. The molecule has 1 rings (SSSR count). The third-order valence-corrected chi connectivity index (χ3v) is 3.46. The Kier molecular flexibility index (Phi) is 4.64. The Balaban J connectivity index is 2.74. The van der Waals surface area contributed by atoms with Gasteiger partial charge in [0.1, 0.15) is 6.04 Å². The lowest BCUT2D eigenvalue weighted by Crippen LogP contribution is -2.57. The molecule has 0 bridgehead atoms. The van der Waals surface area contributed by atoms with Crippen molar-refractivity contribution in [2.75, 3.05) is 6.61 Å². The van der Waals surface area contributed by atoms with Crippen LogP contribution in [0.15, 0.2) is 0 Å². The van der Waals surface area contributed by atoms with E-state index in [0.29, 0.717) is 12.8 Å². The van der Waals surface area contributed by atoms with Crippen molar-refractivity contribution in [3.8, 4) is 0 Å². The molecule has 1 aliphatic rings. The quantitative estimate of drug-likeness (QED) is 0.799. The topological polar surface area (TPSA) is 38.3 Å². The fourth-order valence-corrected chi connectivity index (χ4v) is 2.22. The smallest absolute Gasteiger partial charge is 0.403 e. The van der Waals surface area contributed by atoms with E-state index in [0.717, 1.165) is 0 Å². The first-order valence-corrected chi connectivity index (χ1v) is 6.19. The van der Waals surface area contributed by atoms with Crippen molar-refractivity contribution < 1.29 is 22.7 Å². The van der Waals surface area contributed by atoms with Crippen LogP contribution in [-0.2, 0) is 9.53 Å². The molecule has 0 saturated carbocycles. The Morgan fingerprint density at radius 1 is 1.28 bits per heavy atom. The third kappa shape index (κ3) is 3.37. The first-order valence-electron chi connectivity index (χ1n) is 6.19. The van der Waals surface area contributed by atoms with Crippen LogP contribution in [0.2, 0.25) is 0 Å². The molecule has 1 fully saturated rings. The summed E-state index contributed by atoms with van der Waals surface area (Å²) in [6, 6.07) is -2.03. The predicted molar refractivity (Wildman–Crippen MR) is 61.0 cm³/mol. The van der Waals surface area contributed by atoms with Gasteiger partial charge in [-0.3, -0.25) is 4.79 Å². The fourth-order valence-electron chi connectivity index (χ4n) is 2.22. The van der Waals surface area contributed by atoms with Gasteiger partial charge in [0.25, 0.3) is 0 Å². The highest BCUT2D eigenvalue weighted by molar-refractivity contribution is 5.76. The average Bonchev–Trinajstić information content (AvgIpc) is 2.28. The zero-order valence-electron chi connectivity index (χ0n) is 10.9. The van der Waals surface area contributed by atoms with Gasteiger partial charge in [-0.25, -0.2) is 0 Å². The maximum absolute atomic E-state index is 12.7. The van der Waals surface area contributed by atoms with Crippen molar-refractivity contribution in [3.05, 3.63) is 0 Å². The number of alkyl halides is 3. The van der Waals surface area contributed by atoms with Crippen LogP contribution < -0.4 is 5.32 Å². The van der Waals surface area contributed by atoms with Gasteiger partial charge in [-0.05, 0) is 40.0 Å². The summed E-state index contributed by atoms with van der Waals surface area (Å²) in [6.07, 6.45) is -3.18. The molecule has 1 heterocycles. The molecule has 1 N–H and O–H groups in total. The Morgan fingerprint density at radius 2 is 1.83 bits per heavy atom. The normalized spacial score (nSPS) is 25.9.